The van der Waals surface area contributed by atoms with Gasteiger partial charge in [-0.25, -0.2) is 13.6 Å². The van der Waals surface area contributed by atoms with Crippen LogP contribution in [0.4, 0.5) is 8.78 Å². The average Bonchev–Trinajstić information content (AvgIpc) is 3.56. The molecular formula is C36H57F2N4O3S+. The highest BCUT2D eigenvalue weighted by Gasteiger charge is 2.60. The van der Waals surface area contributed by atoms with Gasteiger partial charge in [-0.1, -0.05) is 33.8 Å². The molecule has 258 valence electrons. The molecule has 10 heteroatoms. The summed E-state index contributed by atoms with van der Waals surface area (Å²) in [5.41, 5.74) is -0.473. The van der Waals surface area contributed by atoms with Gasteiger partial charge >= 0.3 is 5.91 Å². The van der Waals surface area contributed by atoms with Gasteiger partial charge in [-0.05, 0) is 70.4 Å². The topological polar surface area (TPSA) is 69.7 Å². The van der Waals surface area contributed by atoms with E-state index in [1.54, 1.807) is 0 Å². The molecule has 3 aliphatic rings. The number of halogens is 2. The fourth-order valence-electron chi connectivity index (χ4n) is 8.04. The van der Waals surface area contributed by atoms with Gasteiger partial charge in [0.05, 0.1) is 24.4 Å². The number of carbonyl (C=O) groups is 3. The average molecular weight is 664 g/mol. The number of likely N-dealkylation sites (tertiary alicyclic amines) is 2. The minimum Gasteiger partial charge on any atom is -0.351 e. The number of nitrogens with zero attached hydrogens (tertiary/aromatic N) is 3. The molecule has 2 heterocycles. The van der Waals surface area contributed by atoms with Crippen LogP contribution in [0.25, 0.3) is 0 Å². The summed E-state index contributed by atoms with van der Waals surface area (Å²) in [5, 5.41) is 2.97. The lowest BCUT2D eigenvalue weighted by Gasteiger charge is -2.45. The van der Waals surface area contributed by atoms with Crippen molar-refractivity contribution in [3.05, 3.63) is 35.4 Å². The van der Waals surface area contributed by atoms with Crippen molar-refractivity contribution >= 4 is 30.4 Å². The molecule has 7 nitrogen and oxygen atoms in total. The van der Waals surface area contributed by atoms with Gasteiger partial charge in [0.2, 0.25) is 5.91 Å². The number of rotatable bonds is 8. The molecule has 0 aromatic heterocycles. The zero-order valence-electron chi connectivity index (χ0n) is 29.5. The van der Waals surface area contributed by atoms with E-state index in [0.717, 1.165) is 31.7 Å². The second-order valence-electron chi connectivity index (χ2n) is 16.7. The van der Waals surface area contributed by atoms with E-state index in [-0.39, 0.29) is 45.2 Å². The first-order chi connectivity index (χ1) is 21.3. The van der Waals surface area contributed by atoms with Gasteiger partial charge in [-0.3, -0.25) is 19.0 Å². The Hall–Kier alpha value is -2.04. The first-order valence-corrected chi connectivity index (χ1v) is 17.7. The van der Waals surface area contributed by atoms with Crippen molar-refractivity contribution in [1.82, 2.24) is 15.1 Å². The van der Waals surface area contributed by atoms with Crippen molar-refractivity contribution in [3.63, 3.8) is 0 Å². The third-order valence-electron chi connectivity index (χ3n) is 11.2. The minimum absolute atomic E-state index is 0.0128. The van der Waals surface area contributed by atoms with Gasteiger partial charge in [-0.15, -0.1) is 0 Å². The van der Waals surface area contributed by atoms with Crippen LogP contribution >= 0.6 is 12.6 Å². The molecule has 0 radical (unpaired) electrons. The van der Waals surface area contributed by atoms with Crippen LogP contribution in [0.15, 0.2) is 18.2 Å². The summed E-state index contributed by atoms with van der Waals surface area (Å²) in [5.74, 6) is -2.39. The molecule has 4 rings (SSSR count). The normalized spacial score (nSPS) is 29.1. The second kappa shape index (κ2) is 13.5. The number of likely N-dealkylation sites (N-methyl/N-ethyl adjacent to an activating group) is 2. The maximum atomic E-state index is 15.3. The molecule has 1 unspecified atom stereocenters. The Balaban J connectivity index is 1.76. The van der Waals surface area contributed by atoms with Crippen molar-refractivity contribution in [3.8, 4) is 0 Å². The number of quaternary nitrogens is 1. The quantitative estimate of drug-likeness (QED) is 0.273. The van der Waals surface area contributed by atoms with Crippen LogP contribution in [0.5, 0.6) is 0 Å². The smallest absolute Gasteiger partial charge is 0.319 e. The molecule has 1 aromatic rings. The van der Waals surface area contributed by atoms with E-state index in [9.17, 15) is 14.0 Å². The third-order valence-corrected chi connectivity index (χ3v) is 12.0. The van der Waals surface area contributed by atoms with Crippen molar-refractivity contribution in [1.29, 1.82) is 0 Å². The second-order valence-corrected chi connectivity index (χ2v) is 17.0. The number of thiol groups is 1. The molecule has 46 heavy (non-hydrogen) atoms. The minimum atomic E-state index is -0.711. The Morgan fingerprint density at radius 2 is 1.70 bits per heavy atom. The van der Waals surface area contributed by atoms with Crippen LogP contribution < -0.4 is 5.32 Å². The molecule has 3 amide bonds. The van der Waals surface area contributed by atoms with Gasteiger partial charge in [0.15, 0.2) is 6.04 Å². The van der Waals surface area contributed by atoms with E-state index < -0.39 is 34.9 Å². The number of hydrogen-bond acceptors (Lipinski definition) is 5. The first-order valence-electron chi connectivity index (χ1n) is 17.1. The van der Waals surface area contributed by atoms with E-state index in [2.05, 4.69) is 57.5 Å². The van der Waals surface area contributed by atoms with E-state index in [1.807, 2.05) is 32.7 Å². The summed E-state index contributed by atoms with van der Waals surface area (Å²) >= 11 is 4.54. The van der Waals surface area contributed by atoms with Crippen molar-refractivity contribution in [2.45, 2.75) is 117 Å². The fraction of sp³-hybridized carbons (Fsp3) is 0.750. The standard InChI is InChI=1S/C36H56F2N4O3S/c1-10-39-31(43)30-18-25(41(33(45)36(7,8)22-46)24-13-15-35(5,6)16-14-24)21-42(30,9)32(44)28-20-40(34(2,3)4)19-27(28)26-12-11-23(37)17-29(26)38/h11-12,17,24-25,27-28,30H,10,13-16,18-22H2,1-9H3,(H-,39,43,46)/p+1/t25-,27-,28+,30-,42?/m0/s1. The molecule has 1 aliphatic carbocycles. The Kier molecular flexibility index (Phi) is 10.8. The SMILES string of the molecule is CCNC(=O)[C@@H]1C[C@H](N(C(=O)C(C)(C)CS)C2CCC(C)(C)CC2)C[N+]1(C)C(=O)[C@@H]1CN(C(C)(C)C)C[C@H]1c1ccc(F)cc1F. The number of benzene rings is 1. The van der Waals surface area contributed by atoms with Crippen molar-refractivity contribution < 1.29 is 27.6 Å². The van der Waals surface area contributed by atoms with Crippen molar-refractivity contribution in [2.24, 2.45) is 16.7 Å². The highest BCUT2D eigenvalue weighted by Crippen LogP contribution is 2.44. The molecule has 2 aliphatic heterocycles. The molecule has 5 atom stereocenters. The summed E-state index contributed by atoms with van der Waals surface area (Å²) in [6, 6.07) is 2.59. The first kappa shape index (κ1) is 36.8. The van der Waals surface area contributed by atoms with Crippen LogP contribution in [0.2, 0.25) is 0 Å². The molecule has 0 spiro atoms. The Morgan fingerprint density at radius 3 is 2.24 bits per heavy atom. The third kappa shape index (κ3) is 7.34. The summed E-state index contributed by atoms with van der Waals surface area (Å²) < 4.78 is 29.1. The van der Waals surface area contributed by atoms with Crippen LogP contribution in [-0.4, -0.2) is 94.6 Å². The molecule has 3 fully saturated rings. The zero-order chi connectivity index (χ0) is 34.4. The predicted molar refractivity (Wildman–Crippen MR) is 181 cm³/mol. The van der Waals surface area contributed by atoms with Gasteiger partial charge in [0.25, 0.3) is 5.91 Å². The van der Waals surface area contributed by atoms with E-state index in [4.69, 9.17) is 0 Å². The molecule has 0 bridgehead atoms. The summed E-state index contributed by atoms with van der Waals surface area (Å²) in [6.07, 6.45) is 4.10. The predicted octanol–water partition coefficient (Wildman–Crippen LogP) is 5.78. The lowest BCUT2D eigenvalue weighted by Crippen LogP contribution is -2.62. The molecule has 2 saturated heterocycles. The Morgan fingerprint density at radius 1 is 1.07 bits per heavy atom. The Bertz CT molecular complexity index is 1300. The van der Waals surface area contributed by atoms with Crippen LogP contribution in [-0.2, 0) is 14.4 Å². The number of amides is 3. The summed E-state index contributed by atoms with van der Waals surface area (Å²) in [7, 11) is 1.83. The van der Waals surface area contributed by atoms with Gasteiger partial charge in [0.1, 0.15) is 18.2 Å². The van der Waals surface area contributed by atoms with Crippen molar-refractivity contribution in [2.75, 3.05) is 39.0 Å². The number of hydrogen-bond donors (Lipinski definition) is 2. The molecular weight excluding hydrogens is 606 g/mol. The highest BCUT2D eigenvalue weighted by molar-refractivity contribution is 7.80. The van der Waals surface area contributed by atoms with E-state index in [0.29, 0.717) is 43.9 Å². The van der Waals surface area contributed by atoms with Gasteiger partial charge in [0, 0.05) is 55.4 Å². The maximum absolute atomic E-state index is 15.3. The van der Waals surface area contributed by atoms with Crippen LogP contribution in [0, 0.1) is 28.4 Å². The van der Waals surface area contributed by atoms with Gasteiger partial charge in [-0.2, -0.15) is 12.6 Å². The van der Waals surface area contributed by atoms with E-state index >= 15 is 9.18 Å². The van der Waals surface area contributed by atoms with Gasteiger partial charge < -0.3 is 10.2 Å². The summed E-state index contributed by atoms with van der Waals surface area (Å²) in [6.45, 7) is 18.0. The molecule has 1 N–H and O–H groups in total. The largest absolute Gasteiger partial charge is 0.351 e. The monoisotopic (exact) mass is 663 g/mol. The van der Waals surface area contributed by atoms with Crippen LogP contribution in [0.1, 0.15) is 99.0 Å². The number of nitrogens with one attached hydrogen (secondary N) is 1. The zero-order valence-corrected chi connectivity index (χ0v) is 30.4. The van der Waals surface area contributed by atoms with Crippen LogP contribution in [0.3, 0.4) is 0 Å². The number of carbonyl (C=O) groups excluding carboxylic acids is 3. The Labute approximate surface area is 280 Å². The molecule has 1 saturated carbocycles. The lowest BCUT2D eigenvalue weighted by atomic mass is 9.74. The highest BCUT2D eigenvalue weighted by atomic mass is 32.1. The lowest BCUT2D eigenvalue weighted by molar-refractivity contribution is -0.840. The summed E-state index contributed by atoms with van der Waals surface area (Å²) in [4.78, 5) is 47.4. The fourth-order valence-corrected chi connectivity index (χ4v) is 8.18. The van der Waals surface area contributed by atoms with E-state index in [1.165, 1.54) is 12.1 Å². The maximum Gasteiger partial charge on any atom is 0.319 e. The molecule has 1 aromatic carbocycles.